The Morgan fingerprint density at radius 1 is 1.24 bits per heavy atom. The van der Waals surface area contributed by atoms with Crippen LogP contribution in [0, 0.1) is 35.5 Å². The zero-order valence-corrected chi connectivity index (χ0v) is 21.8. The van der Waals surface area contributed by atoms with Gasteiger partial charge in [-0.2, -0.15) is 0 Å². The minimum Gasteiger partial charge on any atom is -0.508 e. The molecule has 4 aliphatic carbocycles. The highest BCUT2D eigenvalue weighted by atomic mass is 16.4. The number of aliphatic hydroxyl groups excluding tert-OH is 3. The maximum Gasteiger partial charge on any atom is 0.255 e. The van der Waals surface area contributed by atoms with Crippen LogP contribution in [-0.4, -0.2) is 87.7 Å². The molecule has 0 bridgehead atoms. The molecular formula is C27H39N3O7. The van der Waals surface area contributed by atoms with Crippen LogP contribution in [0.15, 0.2) is 34.8 Å². The zero-order valence-electron chi connectivity index (χ0n) is 21.8. The number of amides is 1. The molecule has 0 saturated heterocycles. The molecular weight excluding hydrogens is 478 g/mol. The summed E-state index contributed by atoms with van der Waals surface area (Å²) in [6, 6.07) is -1.03. The van der Waals surface area contributed by atoms with E-state index in [2.05, 4.69) is 19.2 Å². The summed E-state index contributed by atoms with van der Waals surface area (Å²) in [5.41, 5.74) is 2.41. The van der Waals surface area contributed by atoms with Gasteiger partial charge in [-0.15, -0.1) is 0 Å². The van der Waals surface area contributed by atoms with Gasteiger partial charge in [0.15, 0.2) is 17.2 Å². The van der Waals surface area contributed by atoms with Gasteiger partial charge in [-0.3, -0.25) is 19.3 Å². The molecule has 0 aromatic heterocycles. The lowest BCUT2D eigenvalue weighted by Gasteiger charge is -2.56. The van der Waals surface area contributed by atoms with Crippen LogP contribution in [0.2, 0.25) is 0 Å². The lowest BCUT2D eigenvalue weighted by molar-refractivity contribution is -0.195. The molecule has 204 valence electrons. The topological polar surface area (TPSA) is 173 Å². The lowest BCUT2D eigenvalue weighted by Crippen LogP contribution is -2.70. The van der Waals surface area contributed by atoms with E-state index in [1.807, 2.05) is 6.08 Å². The Morgan fingerprint density at radius 3 is 2.51 bits per heavy atom. The molecule has 10 nitrogen and oxygen atoms in total. The molecule has 4 aliphatic rings. The van der Waals surface area contributed by atoms with Gasteiger partial charge < -0.3 is 31.5 Å². The van der Waals surface area contributed by atoms with E-state index in [-0.39, 0.29) is 29.6 Å². The zero-order chi connectivity index (χ0) is 27.4. The van der Waals surface area contributed by atoms with Gasteiger partial charge in [0.2, 0.25) is 0 Å². The van der Waals surface area contributed by atoms with E-state index in [1.54, 1.807) is 14.1 Å². The normalized spacial score (nSPS) is 38.4. The molecule has 0 heterocycles. The maximum absolute atomic E-state index is 13.8. The maximum atomic E-state index is 13.8. The minimum absolute atomic E-state index is 0.0507. The van der Waals surface area contributed by atoms with Crippen LogP contribution in [0.1, 0.15) is 33.1 Å². The number of fused-ring (bicyclic) bond motifs is 3. The second kappa shape index (κ2) is 9.98. The Balaban J connectivity index is 1.72. The molecule has 4 rings (SSSR count). The lowest BCUT2D eigenvalue weighted by atomic mass is 9.51. The quantitative estimate of drug-likeness (QED) is 0.261. The SMILES string of the molecule is CCC(C)CNCC1C=CC(O)=C2C(=O)C3C(CC21)CC1[C@H](N(C)C)C(=O)C(C(N)=O)=C(O)[C@@]1(O)C3O. The summed E-state index contributed by atoms with van der Waals surface area (Å²) in [5, 5.41) is 48.3. The van der Waals surface area contributed by atoms with Crippen molar-refractivity contribution in [3.8, 4) is 0 Å². The fraction of sp³-hybridized carbons (Fsp3) is 0.667. The number of hydrogen-bond donors (Lipinski definition) is 6. The fourth-order valence-corrected chi connectivity index (χ4v) is 6.97. The number of primary amides is 1. The molecule has 1 amide bonds. The number of carbonyl (C=O) groups is 3. The number of ketones is 2. The van der Waals surface area contributed by atoms with Crippen LogP contribution in [0.25, 0.3) is 0 Å². The van der Waals surface area contributed by atoms with E-state index in [9.17, 15) is 34.8 Å². The number of allylic oxidation sites excluding steroid dienone is 2. The van der Waals surface area contributed by atoms with Gasteiger partial charge in [-0.25, -0.2) is 0 Å². The number of Topliss-reactive ketones (excluding diaryl/α,β-unsaturated/α-hetero) is 2. The number of nitrogens with one attached hydrogen (secondary N) is 1. The standard InChI is InChI=1S/C27H39N3O7/c1-5-12(2)10-29-11-13-6-7-17(31)19-15(13)8-14-9-16-21(30(3)4)23(33)20(26(28)36)25(35)27(16,37)24(34)18(14)22(19)32/h6-7,12-16,18,21,24,29,31,34-35,37H,5,8-11H2,1-4H3,(H2,28,36)/t12?,13?,14?,15?,16?,18?,21-,24?,27-/m0/s1. The van der Waals surface area contributed by atoms with Gasteiger partial charge in [-0.1, -0.05) is 26.3 Å². The van der Waals surface area contributed by atoms with Crippen molar-refractivity contribution in [1.82, 2.24) is 10.2 Å². The molecule has 7 unspecified atom stereocenters. The molecule has 10 heteroatoms. The highest BCUT2D eigenvalue weighted by molar-refractivity contribution is 6.22. The molecule has 0 radical (unpaired) electrons. The van der Waals surface area contributed by atoms with Crippen molar-refractivity contribution >= 4 is 17.5 Å². The average Bonchev–Trinajstić information content (AvgIpc) is 2.82. The monoisotopic (exact) mass is 517 g/mol. The predicted molar refractivity (Wildman–Crippen MR) is 135 cm³/mol. The largest absolute Gasteiger partial charge is 0.508 e. The summed E-state index contributed by atoms with van der Waals surface area (Å²) in [6.07, 6.45) is 3.27. The molecule has 0 aromatic carbocycles. The molecule has 2 saturated carbocycles. The molecule has 2 fully saturated rings. The number of hydrogen-bond acceptors (Lipinski definition) is 9. The predicted octanol–water partition coefficient (Wildman–Crippen LogP) is 0.364. The highest BCUT2D eigenvalue weighted by Gasteiger charge is 2.66. The van der Waals surface area contributed by atoms with Crippen LogP contribution in [0.4, 0.5) is 0 Å². The third kappa shape index (κ3) is 4.24. The van der Waals surface area contributed by atoms with Crippen molar-refractivity contribution in [1.29, 1.82) is 0 Å². The van der Waals surface area contributed by atoms with Crippen molar-refractivity contribution in [3.63, 3.8) is 0 Å². The third-order valence-corrected chi connectivity index (χ3v) is 9.10. The summed E-state index contributed by atoms with van der Waals surface area (Å²) in [7, 11) is 3.22. The fourth-order valence-electron chi connectivity index (χ4n) is 6.97. The number of rotatable bonds is 7. The van der Waals surface area contributed by atoms with E-state index < -0.39 is 64.3 Å². The summed E-state index contributed by atoms with van der Waals surface area (Å²) in [4.78, 5) is 40.6. The van der Waals surface area contributed by atoms with Gasteiger partial charge in [0.1, 0.15) is 23.2 Å². The third-order valence-electron chi connectivity index (χ3n) is 9.10. The Kier molecular flexibility index (Phi) is 7.42. The van der Waals surface area contributed by atoms with E-state index in [0.29, 0.717) is 18.9 Å². The van der Waals surface area contributed by atoms with Crippen LogP contribution in [-0.2, 0) is 14.4 Å². The van der Waals surface area contributed by atoms with Crippen molar-refractivity contribution < 1.29 is 34.8 Å². The van der Waals surface area contributed by atoms with Crippen LogP contribution in [0.3, 0.4) is 0 Å². The summed E-state index contributed by atoms with van der Waals surface area (Å²) in [6.45, 7) is 5.72. The number of aliphatic hydroxyl groups is 4. The molecule has 0 aromatic rings. The number of nitrogens with two attached hydrogens (primary N) is 1. The number of likely N-dealkylation sites (N-methyl/N-ethyl adjacent to an activating group) is 1. The first-order chi connectivity index (χ1) is 17.4. The van der Waals surface area contributed by atoms with Crippen LogP contribution in [0.5, 0.6) is 0 Å². The van der Waals surface area contributed by atoms with Gasteiger partial charge >= 0.3 is 0 Å². The van der Waals surface area contributed by atoms with E-state index >= 15 is 0 Å². The van der Waals surface area contributed by atoms with Crippen molar-refractivity contribution in [2.24, 2.45) is 41.2 Å². The van der Waals surface area contributed by atoms with E-state index in [1.165, 1.54) is 11.0 Å². The summed E-state index contributed by atoms with van der Waals surface area (Å²) >= 11 is 0. The Hall–Kier alpha value is -2.53. The summed E-state index contributed by atoms with van der Waals surface area (Å²) in [5.74, 6) is -5.90. The van der Waals surface area contributed by atoms with Gasteiger partial charge in [0.25, 0.3) is 5.91 Å². The first kappa shape index (κ1) is 27.5. The summed E-state index contributed by atoms with van der Waals surface area (Å²) < 4.78 is 0. The van der Waals surface area contributed by atoms with Crippen LogP contribution >= 0.6 is 0 Å². The average molecular weight is 518 g/mol. The van der Waals surface area contributed by atoms with Crippen molar-refractivity contribution in [2.45, 2.75) is 50.9 Å². The van der Waals surface area contributed by atoms with E-state index in [4.69, 9.17) is 5.73 Å². The van der Waals surface area contributed by atoms with Crippen LogP contribution < -0.4 is 11.1 Å². The Labute approximate surface area is 216 Å². The van der Waals surface area contributed by atoms with Crippen molar-refractivity contribution in [2.75, 3.05) is 27.2 Å². The molecule has 9 atom stereocenters. The minimum atomic E-state index is -2.42. The highest BCUT2D eigenvalue weighted by Crippen LogP contribution is 2.55. The Morgan fingerprint density at radius 2 is 1.92 bits per heavy atom. The van der Waals surface area contributed by atoms with E-state index in [0.717, 1.165) is 13.0 Å². The second-order valence-electron chi connectivity index (χ2n) is 11.5. The number of nitrogens with zero attached hydrogens (tertiary/aromatic N) is 1. The number of carbonyl (C=O) groups excluding carboxylic acids is 3. The second-order valence-corrected chi connectivity index (χ2v) is 11.5. The van der Waals surface area contributed by atoms with Gasteiger partial charge in [0, 0.05) is 18.0 Å². The molecule has 37 heavy (non-hydrogen) atoms. The molecule has 7 N–H and O–H groups in total. The van der Waals surface area contributed by atoms with Gasteiger partial charge in [0.05, 0.1) is 12.0 Å². The Bertz CT molecular complexity index is 1080. The first-order valence-electron chi connectivity index (χ1n) is 13.1. The van der Waals surface area contributed by atoms with Crippen molar-refractivity contribution in [3.05, 3.63) is 34.8 Å². The smallest absolute Gasteiger partial charge is 0.255 e. The first-order valence-corrected chi connectivity index (χ1v) is 13.1. The molecule has 0 aliphatic heterocycles. The molecule has 0 spiro atoms. The van der Waals surface area contributed by atoms with Gasteiger partial charge in [-0.05, 0) is 63.2 Å².